The van der Waals surface area contributed by atoms with E-state index in [1.807, 2.05) is 6.07 Å². The molecule has 4 heteroatoms. The van der Waals surface area contributed by atoms with Crippen molar-refractivity contribution in [3.05, 3.63) is 58.1 Å². The topological polar surface area (TPSA) is 49.7 Å². The Morgan fingerprint density at radius 3 is 2.74 bits per heavy atom. The van der Waals surface area contributed by atoms with Crippen LogP contribution in [0.3, 0.4) is 0 Å². The monoisotopic (exact) mass is 318 g/mol. The molecular formula is C19H23FO3. The molecule has 2 N–H and O–H groups in total. The molecular weight excluding hydrogens is 295 g/mol. The van der Waals surface area contributed by atoms with E-state index in [9.17, 15) is 9.50 Å². The van der Waals surface area contributed by atoms with E-state index in [1.165, 1.54) is 22.8 Å². The van der Waals surface area contributed by atoms with Crippen molar-refractivity contribution in [3.8, 4) is 0 Å². The minimum absolute atomic E-state index is 0.100. The van der Waals surface area contributed by atoms with Crippen molar-refractivity contribution >= 4 is 0 Å². The van der Waals surface area contributed by atoms with Crippen molar-refractivity contribution in [2.45, 2.75) is 39.2 Å². The second-order valence-electron chi connectivity index (χ2n) is 7.01. The summed E-state index contributed by atoms with van der Waals surface area (Å²) in [6.45, 7) is 4.07. The lowest BCUT2D eigenvalue weighted by atomic mass is 9.69. The lowest BCUT2D eigenvalue weighted by molar-refractivity contribution is 0.0278. The molecule has 0 saturated heterocycles. The number of benzene rings is 1. The van der Waals surface area contributed by atoms with E-state index in [1.54, 1.807) is 6.07 Å². The molecule has 124 valence electrons. The Morgan fingerprint density at radius 2 is 2.00 bits per heavy atom. The predicted octanol–water partition coefficient (Wildman–Crippen LogP) is 2.90. The van der Waals surface area contributed by atoms with Crippen LogP contribution in [0.1, 0.15) is 31.4 Å². The van der Waals surface area contributed by atoms with Crippen LogP contribution in [0.4, 0.5) is 4.39 Å². The Balaban J connectivity index is 1.81. The number of fused-ring (bicyclic) bond motifs is 1. The van der Waals surface area contributed by atoms with Gasteiger partial charge in [-0.1, -0.05) is 31.1 Å². The van der Waals surface area contributed by atoms with E-state index < -0.39 is 6.10 Å². The van der Waals surface area contributed by atoms with Gasteiger partial charge in [0, 0.05) is 11.8 Å². The fourth-order valence-electron chi connectivity index (χ4n) is 3.54. The van der Waals surface area contributed by atoms with Gasteiger partial charge in [0.25, 0.3) is 0 Å². The van der Waals surface area contributed by atoms with Gasteiger partial charge in [-0.15, -0.1) is 0 Å². The number of hydrogen-bond donors (Lipinski definition) is 2. The van der Waals surface area contributed by atoms with E-state index in [-0.39, 0.29) is 24.4 Å². The zero-order valence-electron chi connectivity index (χ0n) is 13.6. The number of hydrogen-bond acceptors (Lipinski definition) is 3. The Labute approximate surface area is 136 Å². The van der Waals surface area contributed by atoms with Crippen LogP contribution in [-0.4, -0.2) is 29.5 Å². The zero-order chi connectivity index (χ0) is 16.6. The predicted molar refractivity (Wildman–Crippen MR) is 86.4 cm³/mol. The van der Waals surface area contributed by atoms with Crippen LogP contribution in [0.25, 0.3) is 0 Å². The molecule has 1 aromatic carbocycles. The second kappa shape index (κ2) is 6.10. The minimum Gasteiger partial charge on any atom is -0.495 e. The van der Waals surface area contributed by atoms with E-state index in [4.69, 9.17) is 9.84 Å². The van der Waals surface area contributed by atoms with Crippen LogP contribution < -0.4 is 0 Å². The average molecular weight is 318 g/mol. The summed E-state index contributed by atoms with van der Waals surface area (Å²) in [4.78, 5) is 0. The molecule has 0 unspecified atom stereocenters. The average Bonchev–Trinajstić information content (AvgIpc) is 2.50. The van der Waals surface area contributed by atoms with E-state index in [0.29, 0.717) is 6.42 Å². The smallest absolute Gasteiger partial charge is 0.123 e. The molecule has 1 atom stereocenters. The highest BCUT2D eigenvalue weighted by Crippen LogP contribution is 2.44. The number of allylic oxidation sites excluding steroid dienone is 3. The van der Waals surface area contributed by atoms with Gasteiger partial charge in [0.2, 0.25) is 0 Å². The summed E-state index contributed by atoms with van der Waals surface area (Å²) in [5, 5.41) is 18.4. The van der Waals surface area contributed by atoms with Gasteiger partial charge in [-0.2, -0.15) is 0 Å². The Bertz CT molecular complexity index is 673. The normalized spacial score (nSPS) is 20.5. The molecule has 0 aliphatic heterocycles. The van der Waals surface area contributed by atoms with Crippen LogP contribution in [-0.2, 0) is 17.6 Å². The lowest BCUT2D eigenvalue weighted by Gasteiger charge is -2.37. The third kappa shape index (κ3) is 3.33. The molecule has 2 aliphatic rings. The lowest BCUT2D eigenvalue weighted by Crippen LogP contribution is -2.27. The van der Waals surface area contributed by atoms with Crippen molar-refractivity contribution < 1.29 is 19.3 Å². The number of aliphatic hydroxyl groups is 2. The van der Waals surface area contributed by atoms with Crippen LogP contribution >= 0.6 is 0 Å². The van der Waals surface area contributed by atoms with Gasteiger partial charge in [0.1, 0.15) is 18.5 Å². The fourth-order valence-corrected chi connectivity index (χ4v) is 3.54. The van der Waals surface area contributed by atoms with E-state index in [2.05, 4.69) is 19.9 Å². The molecule has 2 aliphatic carbocycles. The van der Waals surface area contributed by atoms with Gasteiger partial charge in [-0.05, 0) is 42.2 Å². The van der Waals surface area contributed by atoms with Crippen molar-refractivity contribution in [1.82, 2.24) is 0 Å². The van der Waals surface area contributed by atoms with Gasteiger partial charge >= 0.3 is 0 Å². The summed E-state index contributed by atoms with van der Waals surface area (Å²) in [6.07, 6.45) is 3.54. The Morgan fingerprint density at radius 1 is 1.22 bits per heavy atom. The van der Waals surface area contributed by atoms with Crippen molar-refractivity contribution in [3.63, 3.8) is 0 Å². The molecule has 0 bridgehead atoms. The minimum atomic E-state index is -0.857. The first-order valence-corrected chi connectivity index (χ1v) is 8.01. The largest absolute Gasteiger partial charge is 0.495 e. The number of aliphatic hydroxyl groups excluding tert-OH is 2. The molecule has 0 radical (unpaired) electrons. The molecule has 0 saturated carbocycles. The van der Waals surface area contributed by atoms with Crippen LogP contribution in [0.15, 0.2) is 41.2 Å². The maximum absolute atomic E-state index is 13.5. The molecule has 0 amide bonds. The third-order valence-electron chi connectivity index (χ3n) is 4.73. The molecule has 3 rings (SSSR count). The molecule has 23 heavy (non-hydrogen) atoms. The Kier molecular flexibility index (Phi) is 4.30. The van der Waals surface area contributed by atoms with Gasteiger partial charge in [-0.25, -0.2) is 4.39 Å². The molecule has 0 heterocycles. The first-order valence-electron chi connectivity index (χ1n) is 8.01. The first kappa shape index (κ1) is 16.2. The number of ether oxygens (including phenoxy) is 1. The Hall–Kier alpha value is -1.65. The number of halogens is 1. The summed E-state index contributed by atoms with van der Waals surface area (Å²) < 4.78 is 19.2. The summed E-state index contributed by atoms with van der Waals surface area (Å²) >= 11 is 0. The maximum Gasteiger partial charge on any atom is 0.123 e. The standard InChI is InChI=1S/C19H23FO3/c1-19(2)9-17(23-11-16(22)10-21)7-14-5-12-3-4-15(20)6-13(12)8-18(14)19/h3-4,6,9,16,21-22H,5,7-8,10-11H2,1-2H3/t16-/m1/s1. The van der Waals surface area contributed by atoms with E-state index in [0.717, 1.165) is 24.2 Å². The SMILES string of the molecule is CC1(C)C=C(OC[C@H](O)CO)CC2=C1Cc1cc(F)ccc1C2. The highest BCUT2D eigenvalue weighted by molar-refractivity contribution is 5.47. The summed E-state index contributed by atoms with van der Waals surface area (Å²) in [7, 11) is 0. The quantitative estimate of drug-likeness (QED) is 0.839. The van der Waals surface area contributed by atoms with Crippen LogP contribution in [0.5, 0.6) is 0 Å². The van der Waals surface area contributed by atoms with Crippen molar-refractivity contribution in [2.24, 2.45) is 5.41 Å². The van der Waals surface area contributed by atoms with E-state index >= 15 is 0 Å². The van der Waals surface area contributed by atoms with Gasteiger partial charge in [0.05, 0.1) is 12.4 Å². The van der Waals surface area contributed by atoms with Crippen LogP contribution in [0, 0.1) is 11.2 Å². The summed E-state index contributed by atoms with van der Waals surface area (Å²) in [5.74, 6) is 0.658. The molecule has 1 aromatic rings. The van der Waals surface area contributed by atoms with Gasteiger partial charge < -0.3 is 14.9 Å². The fraction of sp³-hybridized carbons (Fsp3) is 0.474. The molecule has 0 aromatic heterocycles. The van der Waals surface area contributed by atoms with Crippen molar-refractivity contribution in [1.29, 1.82) is 0 Å². The summed E-state index contributed by atoms with van der Waals surface area (Å²) in [5.41, 5.74) is 4.76. The highest BCUT2D eigenvalue weighted by Gasteiger charge is 2.33. The summed E-state index contributed by atoms with van der Waals surface area (Å²) in [6, 6.07) is 5.03. The first-order chi connectivity index (χ1) is 10.9. The molecule has 3 nitrogen and oxygen atoms in total. The zero-order valence-corrected chi connectivity index (χ0v) is 13.6. The van der Waals surface area contributed by atoms with Gasteiger partial charge in [0.15, 0.2) is 0 Å². The third-order valence-corrected chi connectivity index (χ3v) is 4.73. The highest BCUT2D eigenvalue weighted by atomic mass is 19.1. The number of rotatable bonds is 4. The van der Waals surface area contributed by atoms with Crippen molar-refractivity contribution in [2.75, 3.05) is 13.2 Å². The van der Waals surface area contributed by atoms with Gasteiger partial charge in [-0.3, -0.25) is 0 Å². The molecule has 0 fully saturated rings. The molecule has 0 spiro atoms. The second-order valence-corrected chi connectivity index (χ2v) is 7.01. The van der Waals surface area contributed by atoms with Crippen LogP contribution in [0.2, 0.25) is 0 Å². The maximum atomic E-state index is 13.5.